The van der Waals surface area contributed by atoms with E-state index in [0.717, 1.165) is 33.4 Å². The number of hydrogen-bond acceptors (Lipinski definition) is 9. The molecule has 0 aliphatic heterocycles. The van der Waals surface area contributed by atoms with E-state index in [0.29, 0.717) is 51.8 Å². The SMILES string of the molecule is Cc1ccc(-c2noc(-c3cc(-c4nc(-c5ccc(C)c(C)c5)no4)cc(-c4nc(-c5ccc(C)c(C)c5)no4)c3)n2)cc1C. The number of aryl methyl sites for hydroxylation is 6. The normalized spacial score (nSPS) is 11.3. The van der Waals surface area contributed by atoms with E-state index in [-0.39, 0.29) is 0 Å². The van der Waals surface area contributed by atoms with Crippen molar-refractivity contribution < 1.29 is 13.6 Å². The van der Waals surface area contributed by atoms with Gasteiger partial charge in [0.1, 0.15) is 0 Å². The second kappa shape index (κ2) is 11.1. The van der Waals surface area contributed by atoms with Crippen molar-refractivity contribution in [3.8, 4) is 68.5 Å². The summed E-state index contributed by atoms with van der Waals surface area (Å²) in [5.41, 5.74) is 11.6. The standard InChI is InChI=1S/C36H30N6O3/c1-19-7-10-25(13-22(19)4)31-37-34(43-40-31)28-16-29(35-38-32(41-44-35)26-11-8-20(2)23(5)14-26)18-30(17-28)36-39-33(42-45-36)27-12-9-21(3)24(6)15-27/h7-18H,1-6H3. The molecular weight excluding hydrogens is 564 g/mol. The highest BCUT2D eigenvalue weighted by Crippen LogP contribution is 2.34. The number of benzene rings is 4. The third kappa shape index (κ3) is 5.44. The fourth-order valence-electron chi connectivity index (χ4n) is 5.01. The van der Waals surface area contributed by atoms with Gasteiger partial charge in [-0.3, -0.25) is 0 Å². The summed E-state index contributed by atoms with van der Waals surface area (Å²) >= 11 is 0. The van der Waals surface area contributed by atoms with Crippen LogP contribution in [0.25, 0.3) is 68.5 Å². The zero-order chi connectivity index (χ0) is 31.2. The van der Waals surface area contributed by atoms with Gasteiger partial charge >= 0.3 is 0 Å². The van der Waals surface area contributed by atoms with Crippen LogP contribution in [0.3, 0.4) is 0 Å². The van der Waals surface area contributed by atoms with Crippen LogP contribution in [0.5, 0.6) is 0 Å². The molecule has 3 heterocycles. The van der Waals surface area contributed by atoms with Crippen molar-refractivity contribution in [3.05, 3.63) is 106 Å². The molecule has 3 aromatic heterocycles. The molecule has 9 nitrogen and oxygen atoms in total. The van der Waals surface area contributed by atoms with Crippen LogP contribution in [0, 0.1) is 41.5 Å². The highest BCUT2D eigenvalue weighted by Gasteiger charge is 2.20. The predicted octanol–water partition coefficient (Wildman–Crippen LogP) is 8.69. The van der Waals surface area contributed by atoms with E-state index in [1.165, 1.54) is 16.7 Å². The molecule has 0 aliphatic carbocycles. The van der Waals surface area contributed by atoms with Gasteiger partial charge < -0.3 is 13.6 Å². The zero-order valence-electron chi connectivity index (χ0n) is 25.8. The van der Waals surface area contributed by atoms with Crippen molar-refractivity contribution in [2.75, 3.05) is 0 Å². The molecule has 0 radical (unpaired) electrons. The molecule has 222 valence electrons. The summed E-state index contributed by atoms with van der Waals surface area (Å²) < 4.78 is 17.3. The number of rotatable bonds is 6. The predicted molar refractivity (Wildman–Crippen MR) is 171 cm³/mol. The van der Waals surface area contributed by atoms with Crippen molar-refractivity contribution >= 4 is 0 Å². The van der Waals surface area contributed by atoms with Crippen LogP contribution in [0.15, 0.2) is 86.4 Å². The third-order valence-corrected chi connectivity index (χ3v) is 8.25. The smallest absolute Gasteiger partial charge is 0.258 e. The molecule has 7 rings (SSSR count). The van der Waals surface area contributed by atoms with Gasteiger partial charge in [-0.1, -0.05) is 51.9 Å². The molecule has 0 spiro atoms. The molecule has 0 fully saturated rings. The first-order chi connectivity index (χ1) is 21.7. The van der Waals surface area contributed by atoms with E-state index in [1.54, 1.807) is 0 Å². The van der Waals surface area contributed by atoms with Gasteiger partial charge in [-0.15, -0.1) is 0 Å². The average molecular weight is 595 g/mol. The lowest BCUT2D eigenvalue weighted by Crippen LogP contribution is -1.89. The molecule has 0 unspecified atom stereocenters. The monoisotopic (exact) mass is 594 g/mol. The van der Waals surface area contributed by atoms with Gasteiger partial charge in [0.05, 0.1) is 0 Å². The number of hydrogen-bond donors (Lipinski definition) is 0. The van der Waals surface area contributed by atoms with Gasteiger partial charge in [0, 0.05) is 33.4 Å². The minimum absolute atomic E-state index is 0.328. The molecule has 7 aromatic rings. The molecule has 0 aliphatic rings. The van der Waals surface area contributed by atoms with Gasteiger partial charge in [-0.25, -0.2) is 0 Å². The highest BCUT2D eigenvalue weighted by atomic mass is 16.5. The van der Waals surface area contributed by atoms with Crippen LogP contribution in [0.1, 0.15) is 33.4 Å². The molecule has 0 bridgehead atoms. The lowest BCUT2D eigenvalue weighted by Gasteiger charge is -2.03. The van der Waals surface area contributed by atoms with Crippen LogP contribution >= 0.6 is 0 Å². The second-order valence-electron chi connectivity index (χ2n) is 11.5. The van der Waals surface area contributed by atoms with Crippen molar-refractivity contribution in [2.45, 2.75) is 41.5 Å². The van der Waals surface area contributed by atoms with Crippen LogP contribution in [-0.2, 0) is 0 Å². The zero-order valence-corrected chi connectivity index (χ0v) is 25.8. The number of nitrogens with zero attached hydrogens (tertiary/aromatic N) is 6. The van der Waals surface area contributed by atoms with Crippen molar-refractivity contribution in [3.63, 3.8) is 0 Å². The third-order valence-electron chi connectivity index (χ3n) is 8.25. The molecule has 0 atom stereocenters. The highest BCUT2D eigenvalue weighted by molar-refractivity contribution is 5.75. The number of aromatic nitrogens is 6. The summed E-state index contributed by atoms with van der Waals surface area (Å²) in [6.07, 6.45) is 0. The van der Waals surface area contributed by atoms with E-state index in [4.69, 9.17) is 28.5 Å². The van der Waals surface area contributed by atoms with Crippen molar-refractivity contribution in [2.24, 2.45) is 0 Å². The van der Waals surface area contributed by atoms with Gasteiger partial charge in [-0.2, -0.15) is 15.0 Å². The van der Waals surface area contributed by atoms with Gasteiger partial charge in [0.25, 0.3) is 17.7 Å². The summed E-state index contributed by atoms with van der Waals surface area (Å²) in [6.45, 7) is 12.4. The van der Waals surface area contributed by atoms with Gasteiger partial charge in [0.15, 0.2) is 0 Å². The Hall–Kier alpha value is -5.70. The lowest BCUT2D eigenvalue weighted by molar-refractivity contribution is 0.429. The molecule has 0 saturated heterocycles. The van der Waals surface area contributed by atoms with E-state index in [1.807, 2.05) is 72.8 Å². The van der Waals surface area contributed by atoms with E-state index in [2.05, 4.69) is 57.0 Å². The van der Waals surface area contributed by atoms with Crippen LogP contribution < -0.4 is 0 Å². The topological polar surface area (TPSA) is 117 Å². The van der Waals surface area contributed by atoms with E-state index >= 15 is 0 Å². The molecular formula is C36H30N6O3. The molecule has 9 heteroatoms. The van der Waals surface area contributed by atoms with Crippen molar-refractivity contribution in [1.29, 1.82) is 0 Å². The maximum atomic E-state index is 5.76. The lowest BCUT2D eigenvalue weighted by atomic mass is 10.0. The summed E-state index contributed by atoms with van der Waals surface area (Å²) in [4.78, 5) is 14.2. The Morgan fingerprint density at radius 1 is 0.333 bits per heavy atom. The molecule has 0 N–H and O–H groups in total. The Labute approximate surface area is 260 Å². The van der Waals surface area contributed by atoms with Crippen LogP contribution in [0.4, 0.5) is 0 Å². The van der Waals surface area contributed by atoms with Crippen LogP contribution in [0.2, 0.25) is 0 Å². The summed E-state index contributed by atoms with van der Waals surface area (Å²) in [6, 6.07) is 23.9. The summed E-state index contributed by atoms with van der Waals surface area (Å²) in [7, 11) is 0. The Bertz CT molecular complexity index is 1950. The Morgan fingerprint density at radius 3 is 0.889 bits per heavy atom. The molecule has 0 amide bonds. The Morgan fingerprint density at radius 2 is 0.622 bits per heavy atom. The van der Waals surface area contributed by atoms with E-state index in [9.17, 15) is 0 Å². The first kappa shape index (κ1) is 28.1. The minimum atomic E-state index is 0.328. The first-order valence-electron chi connectivity index (χ1n) is 14.6. The Balaban J connectivity index is 1.32. The molecule has 4 aromatic carbocycles. The maximum absolute atomic E-state index is 5.76. The Kier molecular flexibility index (Phi) is 6.93. The maximum Gasteiger partial charge on any atom is 0.258 e. The average Bonchev–Trinajstić information content (AvgIpc) is 3.83. The fraction of sp³-hybridized carbons (Fsp3) is 0.167. The summed E-state index contributed by atoms with van der Waals surface area (Å²) in [5.74, 6) is 2.46. The quantitative estimate of drug-likeness (QED) is 0.186. The fourth-order valence-corrected chi connectivity index (χ4v) is 5.01. The van der Waals surface area contributed by atoms with Gasteiger partial charge in [0.2, 0.25) is 17.5 Å². The first-order valence-corrected chi connectivity index (χ1v) is 14.6. The molecule has 0 saturated carbocycles. The minimum Gasteiger partial charge on any atom is -0.334 e. The van der Waals surface area contributed by atoms with E-state index < -0.39 is 0 Å². The molecule has 45 heavy (non-hydrogen) atoms. The van der Waals surface area contributed by atoms with Crippen molar-refractivity contribution in [1.82, 2.24) is 30.4 Å². The largest absolute Gasteiger partial charge is 0.334 e. The van der Waals surface area contributed by atoms with Gasteiger partial charge in [-0.05, 0) is 111 Å². The second-order valence-corrected chi connectivity index (χ2v) is 11.5. The summed E-state index contributed by atoms with van der Waals surface area (Å²) in [5, 5.41) is 12.8. The van der Waals surface area contributed by atoms with Crippen LogP contribution in [-0.4, -0.2) is 30.4 Å².